The number of amides is 2. The van der Waals surface area contributed by atoms with Crippen molar-refractivity contribution in [2.75, 3.05) is 25.6 Å². The molecule has 0 aliphatic carbocycles. The molecule has 1 aliphatic heterocycles. The Bertz CT molecular complexity index is 1730. The number of aryl methyl sites for hydroxylation is 1. The summed E-state index contributed by atoms with van der Waals surface area (Å²) in [5.74, 6) is 0.0653. The fourth-order valence-corrected chi connectivity index (χ4v) is 6.39. The number of hydrogen-bond acceptors (Lipinski definition) is 6. The topological polar surface area (TPSA) is 117 Å². The Kier molecular flexibility index (Phi) is 10.1. The first-order valence-electron chi connectivity index (χ1n) is 15.3. The van der Waals surface area contributed by atoms with Crippen LogP contribution in [-0.4, -0.2) is 54.4 Å². The average molecular weight is 683 g/mol. The Balaban J connectivity index is 1.14. The Labute approximate surface area is 276 Å². The summed E-state index contributed by atoms with van der Waals surface area (Å²) >= 11 is 3.57. The third kappa shape index (κ3) is 7.31. The highest BCUT2D eigenvalue weighted by atomic mass is 79.9. The number of halogens is 1. The number of aromatic nitrogens is 2. The van der Waals surface area contributed by atoms with Crippen molar-refractivity contribution in [3.63, 3.8) is 0 Å². The van der Waals surface area contributed by atoms with E-state index in [4.69, 9.17) is 14.5 Å². The molecule has 5 aromatic rings. The molecule has 1 aliphatic rings. The Hall–Kier alpha value is -4.51. The standard InChI is InChI=1S/C36H36BrN5O4/c1-45-36(44)42-33(31(24-12-4-2-5-13-24)25-14-6-3-7-15-25)35(43)40-28-17-9-8-11-23(28)19-20-26-21-38-30(22-46-26)34-39-29-18-10-16-27(37)32(29)41-34/h2-18,26,30-31,33,38H,19-22H2,1H3,(H,39,41)(H,40,43)(H,42,44)/t26-,30+,33+/m1/s1. The fourth-order valence-electron chi connectivity index (χ4n) is 5.94. The van der Waals surface area contributed by atoms with Gasteiger partial charge in [0.15, 0.2) is 0 Å². The van der Waals surface area contributed by atoms with E-state index in [1.54, 1.807) is 0 Å². The SMILES string of the molecule is COC(=O)N[C@H](C(=O)Nc1ccccc1CC[C@@H]1CN[C@H](c2nc3c(Br)cccc3[nH]2)CO1)C(c1ccccc1)c1ccccc1. The molecule has 0 bridgehead atoms. The van der Waals surface area contributed by atoms with Crippen LogP contribution < -0.4 is 16.0 Å². The number of morpholine rings is 1. The Morgan fingerprint density at radius 3 is 2.30 bits per heavy atom. The van der Waals surface area contributed by atoms with Crippen molar-refractivity contribution in [1.82, 2.24) is 20.6 Å². The van der Waals surface area contributed by atoms with Crippen LogP contribution >= 0.6 is 15.9 Å². The van der Waals surface area contributed by atoms with Gasteiger partial charge in [0.25, 0.3) is 0 Å². The number of carbonyl (C=O) groups excluding carboxylic acids is 2. The van der Waals surface area contributed by atoms with Crippen LogP contribution in [0.5, 0.6) is 0 Å². The van der Waals surface area contributed by atoms with Crippen LogP contribution in [0.4, 0.5) is 10.5 Å². The van der Waals surface area contributed by atoms with Crippen molar-refractivity contribution in [2.45, 2.75) is 36.9 Å². The number of fused-ring (bicyclic) bond motifs is 1. The first-order valence-corrected chi connectivity index (χ1v) is 16.1. The molecule has 6 rings (SSSR count). The van der Waals surface area contributed by atoms with E-state index in [0.29, 0.717) is 25.3 Å². The number of anilines is 1. The van der Waals surface area contributed by atoms with Crippen LogP contribution in [0.15, 0.2) is 108 Å². The van der Waals surface area contributed by atoms with Gasteiger partial charge in [0.05, 0.1) is 31.4 Å². The van der Waals surface area contributed by atoms with Gasteiger partial charge in [0.2, 0.25) is 5.91 Å². The number of nitrogens with zero attached hydrogens (tertiary/aromatic N) is 1. The molecule has 1 aromatic heterocycles. The highest BCUT2D eigenvalue weighted by molar-refractivity contribution is 9.10. The number of para-hydroxylation sites is 2. The smallest absolute Gasteiger partial charge is 0.407 e. The summed E-state index contributed by atoms with van der Waals surface area (Å²) in [5.41, 5.74) is 5.36. The molecule has 236 valence electrons. The average Bonchev–Trinajstić information content (AvgIpc) is 3.54. The maximum Gasteiger partial charge on any atom is 0.407 e. The summed E-state index contributed by atoms with van der Waals surface area (Å²) in [6.45, 7) is 1.18. The first-order chi connectivity index (χ1) is 22.5. The second-order valence-electron chi connectivity index (χ2n) is 11.3. The predicted molar refractivity (Wildman–Crippen MR) is 182 cm³/mol. The number of H-pyrrole nitrogens is 1. The third-order valence-electron chi connectivity index (χ3n) is 8.31. The second-order valence-corrected chi connectivity index (χ2v) is 12.1. The van der Waals surface area contributed by atoms with Crippen LogP contribution in [0.2, 0.25) is 0 Å². The van der Waals surface area contributed by atoms with Gasteiger partial charge in [0, 0.05) is 22.6 Å². The molecule has 2 amide bonds. The minimum Gasteiger partial charge on any atom is -0.453 e. The largest absolute Gasteiger partial charge is 0.453 e. The molecule has 0 radical (unpaired) electrons. The normalized spacial score (nSPS) is 17.0. The number of alkyl carbamates (subject to hydrolysis) is 1. The number of methoxy groups -OCH3 is 1. The lowest BCUT2D eigenvalue weighted by atomic mass is 9.84. The maximum atomic E-state index is 14.0. The summed E-state index contributed by atoms with van der Waals surface area (Å²) in [6.07, 6.45) is 0.783. The van der Waals surface area contributed by atoms with Crippen molar-refractivity contribution >= 4 is 44.7 Å². The molecule has 0 saturated carbocycles. The van der Waals surface area contributed by atoms with Crippen molar-refractivity contribution in [1.29, 1.82) is 0 Å². The van der Waals surface area contributed by atoms with Gasteiger partial charge < -0.3 is 30.4 Å². The van der Waals surface area contributed by atoms with Crippen LogP contribution in [0, 0.1) is 0 Å². The predicted octanol–water partition coefficient (Wildman–Crippen LogP) is 6.48. The molecule has 3 atom stereocenters. The number of aromatic amines is 1. The van der Waals surface area contributed by atoms with Gasteiger partial charge in [-0.05, 0) is 63.7 Å². The molecular formula is C36H36BrN5O4. The fraction of sp³-hybridized carbons (Fsp3) is 0.250. The summed E-state index contributed by atoms with van der Waals surface area (Å²) in [7, 11) is 1.29. The van der Waals surface area contributed by atoms with Gasteiger partial charge in [-0.25, -0.2) is 9.78 Å². The van der Waals surface area contributed by atoms with Crippen LogP contribution in [0.1, 0.15) is 40.9 Å². The van der Waals surface area contributed by atoms with Gasteiger partial charge in [-0.3, -0.25) is 4.79 Å². The van der Waals surface area contributed by atoms with Crippen LogP contribution in [0.3, 0.4) is 0 Å². The van der Waals surface area contributed by atoms with Crippen LogP contribution in [-0.2, 0) is 20.7 Å². The molecule has 0 unspecified atom stereocenters. The Morgan fingerprint density at radius 2 is 1.65 bits per heavy atom. The minimum atomic E-state index is -0.938. The molecular weight excluding hydrogens is 646 g/mol. The van der Waals surface area contributed by atoms with Gasteiger partial charge in [-0.15, -0.1) is 0 Å². The highest BCUT2D eigenvalue weighted by Gasteiger charge is 2.33. The quantitative estimate of drug-likeness (QED) is 0.134. The van der Waals surface area contributed by atoms with Crippen molar-refractivity contribution in [3.05, 3.63) is 130 Å². The lowest BCUT2D eigenvalue weighted by Crippen LogP contribution is -2.48. The minimum absolute atomic E-state index is 0.00500. The van der Waals surface area contributed by atoms with Gasteiger partial charge in [-0.1, -0.05) is 84.9 Å². The number of benzene rings is 4. The molecule has 10 heteroatoms. The number of imidazole rings is 1. The van der Waals surface area contributed by atoms with Crippen molar-refractivity contribution < 1.29 is 19.1 Å². The number of hydrogen-bond donors (Lipinski definition) is 4. The lowest BCUT2D eigenvalue weighted by molar-refractivity contribution is -0.118. The van der Waals surface area contributed by atoms with E-state index < -0.39 is 18.1 Å². The second kappa shape index (κ2) is 14.7. The number of nitrogens with one attached hydrogen (secondary N) is 4. The van der Waals surface area contributed by atoms with Gasteiger partial charge in [-0.2, -0.15) is 0 Å². The molecule has 2 heterocycles. The number of rotatable bonds is 10. The van der Waals surface area contributed by atoms with Gasteiger partial charge >= 0.3 is 6.09 Å². The highest BCUT2D eigenvalue weighted by Crippen LogP contribution is 2.30. The molecule has 1 saturated heterocycles. The van der Waals surface area contributed by atoms with E-state index in [0.717, 1.165) is 44.4 Å². The molecule has 4 aromatic carbocycles. The van der Waals surface area contributed by atoms with E-state index in [-0.39, 0.29) is 18.1 Å². The van der Waals surface area contributed by atoms with E-state index in [1.807, 2.05) is 103 Å². The monoisotopic (exact) mass is 681 g/mol. The van der Waals surface area contributed by atoms with Crippen molar-refractivity contribution in [3.8, 4) is 0 Å². The zero-order chi connectivity index (χ0) is 31.9. The number of ether oxygens (including phenoxy) is 2. The first kappa shape index (κ1) is 31.5. The molecule has 4 N–H and O–H groups in total. The molecule has 9 nitrogen and oxygen atoms in total. The summed E-state index contributed by atoms with van der Waals surface area (Å²) in [6, 6.07) is 32.1. The zero-order valence-corrected chi connectivity index (χ0v) is 27.0. The lowest BCUT2D eigenvalue weighted by Gasteiger charge is -2.30. The van der Waals surface area contributed by atoms with Crippen LogP contribution in [0.25, 0.3) is 11.0 Å². The van der Waals surface area contributed by atoms with E-state index in [2.05, 4.69) is 36.9 Å². The zero-order valence-electron chi connectivity index (χ0n) is 25.4. The van der Waals surface area contributed by atoms with Crippen molar-refractivity contribution in [2.24, 2.45) is 0 Å². The van der Waals surface area contributed by atoms with E-state index in [9.17, 15) is 9.59 Å². The van der Waals surface area contributed by atoms with E-state index >= 15 is 0 Å². The molecule has 0 spiro atoms. The Morgan fingerprint density at radius 1 is 0.957 bits per heavy atom. The number of carbonyl (C=O) groups is 2. The summed E-state index contributed by atoms with van der Waals surface area (Å²) in [5, 5.41) is 9.49. The third-order valence-corrected chi connectivity index (χ3v) is 8.95. The van der Waals surface area contributed by atoms with Gasteiger partial charge in [0.1, 0.15) is 17.4 Å². The van der Waals surface area contributed by atoms with E-state index in [1.165, 1.54) is 7.11 Å². The molecule has 1 fully saturated rings. The molecule has 46 heavy (non-hydrogen) atoms. The summed E-state index contributed by atoms with van der Waals surface area (Å²) in [4.78, 5) is 34.7. The summed E-state index contributed by atoms with van der Waals surface area (Å²) < 4.78 is 12.1. The maximum absolute atomic E-state index is 14.0.